The van der Waals surface area contributed by atoms with Gasteiger partial charge in [-0.05, 0) is 36.8 Å². The Kier molecular flexibility index (Phi) is 5.77. The number of carbonyl (C=O) groups is 1. The molecular weight excluding hydrogens is 458 g/mol. The summed E-state index contributed by atoms with van der Waals surface area (Å²) >= 11 is 6.04. The van der Waals surface area contributed by atoms with Crippen LogP contribution in [0.4, 0.5) is 5.69 Å². The van der Waals surface area contributed by atoms with Gasteiger partial charge in [0, 0.05) is 52.2 Å². The van der Waals surface area contributed by atoms with Crippen LogP contribution in [0, 0.1) is 6.92 Å². The molecule has 0 aliphatic carbocycles. The quantitative estimate of drug-likeness (QED) is 0.424. The van der Waals surface area contributed by atoms with E-state index in [1.807, 2.05) is 47.9 Å². The molecule has 0 spiro atoms. The third-order valence-electron chi connectivity index (χ3n) is 5.85. The summed E-state index contributed by atoms with van der Waals surface area (Å²) in [6.07, 6.45) is 0.0959. The molecule has 4 aromatic rings. The topological polar surface area (TPSA) is 94.8 Å². The Morgan fingerprint density at radius 1 is 1.21 bits per heavy atom. The lowest BCUT2D eigenvalue weighted by atomic mass is 10.0. The van der Waals surface area contributed by atoms with E-state index < -0.39 is 12.0 Å². The first-order valence-electron chi connectivity index (χ1n) is 10.6. The fraction of sp³-hybridized carbons (Fsp3) is 0.200. The standard InChI is InChI=1S/C25H22ClN3O5/c1-14-23(24(30)25(31)28-17-7-8-27-22(9-17)32-2)18-10-20-21(34-13-33-20)11-19(18)29(14)12-15-3-5-16(26)6-4-15/h3-11,24,30H,12-13H2,1-2H3,(H,27,28,31). The van der Waals surface area contributed by atoms with Gasteiger partial charge in [0.1, 0.15) is 0 Å². The van der Waals surface area contributed by atoms with E-state index in [1.54, 1.807) is 12.1 Å². The number of halogens is 1. The number of pyridine rings is 1. The van der Waals surface area contributed by atoms with E-state index in [0.717, 1.165) is 16.8 Å². The number of nitrogens with zero attached hydrogens (tertiary/aromatic N) is 2. The van der Waals surface area contributed by atoms with Crippen LogP contribution in [0.1, 0.15) is 22.9 Å². The Hall–Kier alpha value is -3.75. The van der Waals surface area contributed by atoms with Crippen molar-refractivity contribution >= 4 is 34.1 Å². The summed E-state index contributed by atoms with van der Waals surface area (Å²) in [6, 6.07) is 14.5. The van der Waals surface area contributed by atoms with Gasteiger partial charge >= 0.3 is 0 Å². The van der Waals surface area contributed by atoms with Gasteiger partial charge in [-0.3, -0.25) is 4.79 Å². The zero-order valence-corrected chi connectivity index (χ0v) is 19.3. The number of carbonyl (C=O) groups excluding carboxylic acids is 1. The molecule has 1 atom stereocenters. The van der Waals surface area contributed by atoms with Gasteiger partial charge in [0.25, 0.3) is 5.91 Å². The molecule has 0 radical (unpaired) electrons. The van der Waals surface area contributed by atoms with E-state index in [1.165, 1.54) is 13.3 Å². The van der Waals surface area contributed by atoms with Crippen LogP contribution in [0.15, 0.2) is 54.7 Å². The SMILES string of the molecule is COc1cc(NC(=O)C(O)c2c(C)n(Cc3ccc(Cl)cc3)c3cc4c(cc23)OCO4)ccn1. The molecule has 174 valence electrons. The molecule has 1 amide bonds. The van der Waals surface area contributed by atoms with Crippen molar-refractivity contribution in [1.82, 2.24) is 9.55 Å². The fourth-order valence-electron chi connectivity index (χ4n) is 4.15. The average Bonchev–Trinajstić information content (AvgIpc) is 3.40. The summed E-state index contributed by atoms with van der Waals surface area (Å²) < 4.78 is 18.3. The molecule has 5 rings (SSSR count). The van der Waals surface area contributed by atoms with Crippen LogP contribution in [0.2, 0.25) is 5.02 Å². The van der Waals surface area contributed by atoms with E-state index in [9.17, 15) is 9.90 Å². The number of aliphatic hydroxyl groups is 1. The zero-order valence-electron chi connectivity index (χ0n) is 18.5. The number of aromatic nitrogens is 2. The van der Waals surface area contributed by atoms with Gasteiger partial charge in [-0.2, -0.15) is 0 Å². The number of fused-ring (bicyclic) bond motifs is 2. The van der Waals surface area contributed by atoms with Crippen molar-refractivity contribution in [3.63, 3.8) is 0 Å². The maximum atomic E-state index is 13.0. The predicted molar refractivity (Wildman–Crippen MR) is 128 cm³/mol. The number of hydrogen-bond acceptors (Lipinski definition) is 6. The first kappa shape index (κ1) is 22.1. The first-order chi connectivity index (χ1) is 16.4. The highest BCUT2D eigenvalue weighted by Gasteiger charge is 2.28. The monoisotopic (exact) mass is 479 g/mol. The number of hydrogen-bond donors (Lipinski definition) is 2. The molecule has 0 bridgehead atoms. The fourth-order valence-corrected chi connectivity index (χ4v) is 4.28. The Morgan fingerprint density at radius 2 is 1.94 bits per heavy atom. The van der Waals surface area contributed by atoms with E-state index in [2.05, 4.69) is 10.3 Å². The van der Waals surface area contributed by atoms with Crippen molar-refractivity contribution in [2.75, 3.05) is 19.2 Å². The first-order valence-corrected chi connectivity index (χ1v) is 11.0. The number of aliphatic hydroxyl groups excluding tert-OH is 1. The largest absolute Gasteiger partial charge is 0.481 e. The summed E-state index contributed by atoms with van der Waals surface area (Å²) in [5, 5.41) is 15.3. The molecule has 0 fully saturated rings. The Morgan fingerprint density at radius 3 is 2.68 bits per heavy atom. The van der Waals surface area contributed by atoms with Crippen LogP contribution in [0.25, 0.3) is 10.9 Å². The highest BCUT2D eigenvalue weighted by atomic mass is 35.5. The minimum atomic E-state index is -1.42. The molecule has 0 saturated carbocycles. The lowest BCUT2D eigenvalue weighted by molar-refractivity contribution is -0.124. The summed E-state index contributed by atoms with van der Waals surface area (Å²) in [5.74, 6) is 0.982. The van der Waals surface area contributed by atoms with Gasteiger partial charge in [-0.25, -0.2) is 4.98 Å². The Bertz CT molecular complexity index is 1380. The van der Waals surface area contributed by atoms with Crippen LogP contribution < -0.4 is 19.5 Å². The van der Waals surface area contributed by atoms with Crippen molar-refractivity contribution < 1.29 is 24.1 Å². The summed E-state index contributed by atoms with van der Waals surface area (Å²) in [6.45, 7) is 2.53. The molecule has 0 saturated heterocycles. The van der Waals surface area contributed by atoms with Crippen LogP contribution >= 0.6 is 11.6 Å². The van der Waals surface area contributed by atoms with Crippen LogP contribution in [-0.2, 0) is 11.3 Å². The third-order valence-corrected chi connectivity index (χ3v) is 6.11. The van der Waals surface area contributed by atoms with E-state index >= 15 is 0 Å². The molecule has 3 heterocycles. The highest BCUT2D eigenvalue weighted by Crippen LogP contribution is 2.41. The van der Waals surface area contributed by atoms with Crippen LogP contribution in [0.3, 0.4) is 0 Å². The van der Waals surface area contributed by atoms with E-state index in [4.69, 9.17) is 25.8 Å². The second kappa shape index (κ2) is 8.89. The maximum absolute atomic E-state index is 13.0. The number of rotatable bonds is 6. The number of amides is 1. The minimum Gasteiger partial charge on any atom is -0.481 e. The second-order valence-corrected chi connectivity index (χ2v) is 8.35. The molecule has 1 aliphatic heterocycles. The van der Waals surface area contributed by atoms with Crippen molar-refractivity contribution in [3.05, 3.63) is 76.6 Å². The molecule has 34 heavy (non-hydrogen) atoms. The van der Waals surface area contributed by atoms with E-state index in [0.29, 0.717) is 45.6 Å². The lowest BCUT2D eigenvalue weighted by Crippen LogP contribution is -2.21. The van der Waals surface area contributed by atoms with Gasteiger partial charge in [0.05, 0.1) is 12.6 Å². The summed E-state index contributed by atoms with van der Waals surface area (Å²) in [5.41, 5.74) is 3.57. The molecule has 8 nitrogen and oxygen atoms in total. The second-order valence-electron chi connectivity index (χ2n) is 7.91. The van der Waals surface area contributed by atoms with Gasteiger partial charge < -0.3 is 29.2 Å². The number of benzene rings is 2. The third kappa shape index (κ3) is 4.02. The van der Waals surface area contributed by atoms with Crippen molar-refractivity contribution in [2.45, 2.75) is 19.6 Å². The van der Waals surface area contributed by atoms with Gasteiger partial charge in [-0.15, -0.1) is 0 Å². The highest BCUT2D eigenvalue weighted by molar-refractivity contribution is 6.30. The lowest BCUT2D eigenvalue weighted by Gasteiger charge is -2.14. The minimum absolute atomic E-state index is 0.125. The van der Waals surface area contributed by atoms with Crippen LogP contribution in [0.5, 0.6) is 17.4 Å². The normalized spacial score (nSPS) is 13.2. The molecule has 2 aromatic carbocycles. The smallest absolute Gasteiger partial charge is 0.257 e. The summed E-state index contributed by atoms with van der Waals surface area (Å²) in [7, 11) is 1.49. The molecule has 9 heteroatoms. The predicted octanol–water partition coefficient (Wildman–Crippen LogP) is 4.46. The van der Waals surface area contributed by atoms with Gasteiger partial charge in [0.2, 0.25) is 12.7 Å². The van der Waals surface area contributed by atoms with Crippen molar-refractivity contribution in [3.8, 4) is 17.4 Å². The van der Waals surface area contributed by atoms with Crippen molar-refractivity contribution in [2.24, 2.45) is 0 Å². The Balaban J connectivity index is 1.56. The number of ether oxygens (including phenoxy) is 3. The van der Waals surface area contributed by atoms with Crippen LogP contribution in [-0.4, -0.2) is 34.5 Å². The molecule has 2 aromatic heterocycles. The van der Waals surface area contributed by atoms with Crippen molar-refractivity contribution in [1.29, 1.82) is 0 Å². The Labute approximate surface area is 200 Å². The molecule has 2 N–H and O–H groups in total. The number of methoxy groups -OCH3 is 1. The molecular formula is C25H22ClN3O5. The number of nitrogens with one attached hydrogen (secondary N) is 1. The summed E-state index contributed by atoms with van der Waals surface area (Å²) in [4.78, 5) is 17.1. The average molecular weight is 480 g/mol. The molecule has 1 unspecified atom stereocenters. The molecule has 1 aliphatic rings. The maximum Gasteiger partial charge on any atom is 0.257 e. The van der Waals surface area contributed by atoms with E-state index in [-0.39, 0.29) is 6.79 Å². The number of anilines is 1. The van der Waals surface area contributed by atoms with Gasteiger partial charge in [-0.1, -0.05) is 23.7 Å². The zero-order chi connectivity index (χ0) is 23.8. The van der Waals surface area contributed by atoms with Gasteiger partial charge in [0.15, 0.2) is 17.6 Å².